The van der Waals surface area contributed by atoms with Crippen LogP contribution < -0.4 is 10.0 Å². The second-order valence-corrected chi connectivity index (χ2v) is 9.26. The summed E-state index contributed by atoms with van der Waals surface area (Å²) in [5, 5.41) is 16.5. The van der Waals surface area contributed by atoms with Gasteiger partial charge in [0.25, 0.3) is 11.7 Å². The number of rotatable bonds is 4. The third-order valence-electron chi connectivity index (χ3n) is 5.19. The molecule has 33 heavy (non-hydrogen) atoms. The van der Waals surface area contributed by atoms with Crippen molar-refractivity contribution in [2.75, 3.05) is 4.90 Å². The van der Waals surface area contributed by atoms with Crippen molar-refractivity contribution < 1.29 is 27.5 Å². The minimum Gasteiger partial charge on any atom is -0.507 e. The molecule has 0 radical (unpaired) electrons. The zero-order chi connectivity index (χ0) is 23.9. The number of carbonyl (C=O) groups excluding carboxylic acids is 2. The van der Waals surface area contributed by atoms with Crippen molar-refractivity contribution in [1.29, 1.82) is 0 Å². The second-order valence-electron chi connectivity index (χ2n) is 7.27. The number of hydrogen-bond acceptors (Lipinski definition) is 5. The van der Waals surface area contributed by atoms with E-state index in [4.69, 9.17) is 16.7 Å². The minimum absolute atomic E-state index is 0.178. The van der Waals surface area contributed by atoms with Gasteiger partial charge in [-0.3, -0.25) is 14.5 Å². The number of hydrogen-bond donors (Lipinski definition) is 2. The standard InChI is InChI=1S/C23H16ClFN2O5S/c24-15-5-1-14(2-6-15)21(28)19-20(13-3-7-16(25)8-4-13)27(23(30)22(19)29)17-9-11-18(12-10-17)33(26,31)32/h1-12,20,28H,(H2,26,31,32)/b21-19+/t20-/m0/s1. The highest BCUT2D eigenvalue weighted by Gasteiger charge is 2.47. The number of primary sulfonamides is 1. The Bertz CT molecular complexity index is 1390. The van der Waals surface area contributed by atoms with Crippen molar-refractivity contribution in [1.82, 2.24) is 0 Å². The van der Waals surface area contributed by atoms with E-state index in [1.807, 2.05) is 0 Å². The van der Waals surface area contributed by atoms with Crippen molar-refractivity contribution in [3.05, 3.63) is 100 Å². The Morgan fingerprint density at radius 2 is 1.52 bits per heavy atom. The Morgan fingerprint density at radius 3 is 2.06 bits per heavy atom. The van der Waals surface area contributed by atoms with Crippen LogP contribution in [-0.2, 0) is 19.6 Å². The third kappa shape index (κ3) is 4.25. The highest BCUT2D eigenvalue weighted by molar-refractivity contribution is 7.89. The Hall–Kier alpha value is -3.53. The monoisotopic (exact) mass is 486 g/mol. The molecule has 10 heteroatoms. The highest BCUT2D eigenvalue weighted by Crippen LogP contribution is 2.42. The number of ketones is 1. The van der Waals surface area contributed by atoms with Gasteiger partial charge in [0, 0.05) is 16.3 Å². The molecule has 0 aromatic heterocycles. The lowest BCUT2D eigenvalue weighted by Gasteiger charge is -2.25. The molecule has 3 aromatic rings. The van der Waals surface area contributed by atoms with E-state index in [0.717, 1.165) is 4.90 Å². The number of halogens is 2. The number of sulfonamides is 1. The first-order valence-corrected chi connectivity index (χ1v) is 11.5. The average molecular weight is 487 g/mol. The molecule has 1 aliphatic heterocycles. The molecule has 1 atom stereocenters. The number of amides is 1. The maximum Gasteiger partial charge on any atom is 0.300 e. The largest absolute Gasteiger partial charge is 0.507 e. The van der Waals surface area contributed by atoms with Gasteiger partial charge in [-0.05, 0) is 66.2 Å². The summed E-state index contributed by atoms with van der Waals surface area (Å²) in [5.74, 6) is -2.84. The quantitative estimate of drug-likeness (QED) is 0.331. The van der Waals surface area contributed by atoms with Gasteiger partial charge in [-0.15, -0.1) is 0 Å². The molecule has 0 spiro atoms. The molecule has 1 saturated heterocycles. The van der Waals surface area contributed by atoms with Gasteiger partial charge >= 0.3 is 0 Å². The van der Waals surface area contributed by atoms with E-state index in [1.165, 1.54) is 72.8 Å². The highest BCUT2D eigenvalue weighted by atomic mass is 35.5. The molecule has 0 unspecified atom stereocenters. The van der Waals surface area contributed by atoms with E-state index in [0.29, 0.717) is 10.6 Å². The lowest BCUT2D eigenvalue weighted by Crippen LogP contribution is -2.29. The molecular formula is C23H16ClFN2O5S. The van der Waals surface area contributed by atoms with Crippen molar-refractivity contribution >= 4 is 44.8 Å². The molecule has 3 aromatic carbocycles. The summed E-state index contributed by atoms with van der Waals surface area (Å²) in [6.45, 7) is 0. The predicted molar refractivity (Wildman–Crippen MR) is 120 cm³/mol. The van der Waals surface area contributed by atoms with Crippen LogP contribution in [0.25, 0.3) is 5.76 Å². The minimum atomic E-state index is -3.97. The zero-order valence-electron chi connectivity index (χ0n) is 16.8. The van der Waals surface area contributed by atoms with Crippen LogP contribution in [-0.4, -0.2) is 25.2 Å². The summed E-state index contributed by atoms with van der Waals surface area (Å²) < 4.78 is 36.7. The van der Waals surface area contributed by atoms with Crippen LogP contribution in [0.15, 0.2) is 83.3 Å². The predicted octanol–water partition coefficient (Wildman–Crippen LogP) is 3.75. The first kappa shape index (κ1) is 22.7. The molecule has 1 aliphatic rings. The van der Waals surface area contributed by atoms with Gasteiger partial charge in [-0.2, -0.15) is 0 Å². The molecule has 0 bridgehead atoms. The Labute approximate surface area is 193 Å². The van der Waals surface area contributed by atoms with Crippen LogP contribution in [0.1, 0.15) is 17.2 Å². The summed E-state index contributed by atoms with van der Waals surface area (Å²) in [6, 6.07) is 15.1. The number of aliphatic hydroxyl groups is 1. The first-order chi connectivity index (χ1) is 15.6. The summed E-state index contributed by atoms with van der Waals surface area (Å²) in [4.78, 5) is 27.0. The number of anilines is 1. The molecule has 0 saturated carbocycles. The second kappa shape index (κ2) is 8.43. The fourth-order valence-electron chi connectivity index (χ4n) is 3.62. The molecule has 4 rings (SSSR count). The molecular weight excluding hydrogens is 471 g/mol. The Morgan fingerprint density at radius 1 is 0.939 bits per heavy atom. The zero-order valence-corrected chi connectivity index (χ0v) is 18.3. The summed E-state index contributed by atoms with van der Waals surface area (Å²) in [6.07, 6.45) is 0. The number of Topliss-reactive ketones (excluding diaryl/α,β-unsaturated/α-hetero) is 1. The van der Waals surface area contributed by atoms with E-state index in [-0.39, 0.29) is 21.7 Å². The molecule has 1 amide bonds. The molecule has 1 heterocycles. The van der Waals surface area contributed by atoms with E-state index in [9.17, 15) is 27.5 Å². The van der Waals surface area contributed by atoms with Crippen LogP contribution in [0, 0.1) is 5.82 Å². The van der Waals surface area contributed by atoms with Gasteiger partial charge in [-0.25, -0.2) is 17.9 Å². The van der Waals surface area contributed by atoms with E-state index >= 15 is 0 Å². The van der Waals surface area contributed by atoms with Gasteiger partial charge in [0.15, 0.2) is 0 Å². The normalized spacial score (nSPS) is 18.0. The van der Waals surface area contributed by atoms with E-state index in [1.54, 1.807) is 0 Å². The van der Waals surface area contributed by atoms with Crippen LogP contribution in [0.5, 0.6) is 0 Å². The molecule has 7 nitrogen and oxygen atoms in total. The van der Waals surface area contributed by atoms with Gasteiger partial charge in [0.1, 0.15) is 11.6 Å². The van der Waals surface area contributed by atoms with Crippen molar-refractivity contribution in [3.63, 3.8) is 0 Å². The number of benzene rings is 3. The van der Waals surface area contributed by atoms with Gasteiger partial charge < -0.3 is 5.11 Å². The van der Waals surface area contributed by atoms with Gasteiger partial charge in [0.2, 0.25) is 10.0 Å². The number of nitrogens with zero attached hydrogens (tertiary/aromatic N) is 1. The van der Waals surface area contributed by atoms with E-state index in [2.05, 4.69) is 0 Å². The molecule has 168 valence electrons. The third-order valence-corrected chi connectivity index (χ3v) is 6.37. The lowest BCUT2D eigenvalue weighted by atomic mass is 9.95. The van der Waals surface area contributed by atoms with Gasteiger partial charge in [0.05, 0.1) is 16.5 Å². The summed E-state index contributed by atoms with van der Waals surface area (Å²) in [5.41, 5.74) is 0.606. The topological polar surface area (TPSA) is 118 Å². The smallest absolute Gasteiger partial charge is 0.300 e. The SMILES string of the molecule is NS(=O)(=O)c1ccc(N2C(=O)C(=O)/C(=C(/O)c3ccc(Cl)cc3)[C@@H]2c2ccc(F)cc2)cc1. The van der Waals surface area contributed by atoms with Crippen LogP contribution >= 0.6 is 11.6 Å². The van der Waals surface area contributed by atoms with E-state index < -0.39 is 39.3 Å². The van der Waals surface area contributed by atoms with Gasteiger partial charge in [-0.1, -0.05) is 23.7 Å². The molecule has 0 aliphatic carbocycles. The number of aliphatic hydroxyl groups excluding tert-OH is 1. The molecule has 1 fully saturated rings. The lowest BCUT2D eigenvalue weighted by molar-refractivity contribution is -0.132. The van der Waals surface area contributed by atoms with Crippen molar-refractivity contribution in [3.8, 4) is 0 Å². The fraction of sp³-hybridized carbons (Fsp3) is 0.0435. The van der Waals surface area contributed by atoms with Crippen molar-refractivity contribution in [2.24, 2.45) is 5.14 Å². The first-order valence-electron chi connectivity index (χ1n) is 9.53. The number of carbonyl (C=O) groups is 2. The van der Waals surface area contributed by atoms with Crippen LogP contribution in [0.4, 0.5) is 10.1 Å². The van der Waals surface area contributed by atoms with Crippen molar-refractivity contribution in [2.45, 2.75) is 10.9 Å². The summed E-state index contributed by atoms with van der Waals surface area (Å²) >= 11 is 5.90. The summed E-state index contributed by atoms with van der Waals surface area (Å²) in [7, 11) is -3.97. The number of nitrogens with two attached hydrogens (primary N) is 1. The Balaban J connectivity index is 1.91. The fourth-order valence-corrected chi connectivity index (χ4v) is 4.26. The maximum atomic E-state index is 13.6. The van der Waals surface area contributed by atoms with Crippen LogP contribution in [0.2, 0.25) is 5.02 Å². The Kier molecular flexibility index (Phi) is 5.79. The van der Waals surface area contributed by atoms with Crippen LogP contribution in [0.3, 0.4) is 0 Å². The average Bonchev–Trinajstić information content (AvgIpc) is 3.04. The molecule has 3 N–H and O–H groups in total. The maximum absolute atomic E-state index is 13.6.